The minimum Gasteiger partial charge on any atom is -0.378 e. The highest BCUT2D eigenvalue weighted by atomic mass is 19.1. The zero-order chi connectivity index (χ0) is 11.1. The maximum atomic E-state index is 13.4. The minimum atomic E-state index is -1.13. The van der Waals surface area contributed by atoms with Crippen LogP contribution >= 0.6 is 0 Å². The molecule has 0 bridgehead atoms. The number of rotatable bonds is 2. The lowest BCUT2D eigenvalue weighted by atomic mass is 9.77. The van der Waals surface area contributed by atoms with Gasteiger partial charge in [-0.2, -0.15) is 0 Å². The molecular formula is C10H9F2NO2. The van der Waals surface area contributed by atoms with E-state index in [2.05, 4.69) is 0 Å². The zero-order valence-corrected chi connectivity index (χ0v) is 7.80. The predicted molar refractivity (Wildman–Crippen MR) is 48.0 cm³/mol. The molecule has 0 saturated carbocycles. The average molecular weight is 213 g/mol. The van der Waals surface area contributed by atoms with Crippen LogP contribution in [0, 0.1) is 11.6 Å². The minimum absolute atomic E-state index is 0.0465. The molecule has 0 aliphatic carbocycles. The number of benzene rings is 1. The SMILES string of the molecule is NC(=O)C1(c2ccc(F)cc2F)COC1. The molecular weight excluding hydrogens is 204 g/mol. The number of amides is 1. The number of hydrogen-bond donors (Lipinski definition) is 1. The van der Waals surface area contributed by atoms with Crippen LogP contribution in [0.15, 0.2) is 18.2 Å². The lowest BCUT2D eigenvalue weighted by Gasteiger charge is -2.38. The van der Waals surface area contributed by atoms with Gasteiger partial charge in [-0.15, -0.1) is 0 Å². The fourth-order valence-electron chi connectivity index (χ4n) is 1.61. The number of ether oxygens (including phenoxy) is 1. The van der Waals surface area contributed by atoms with Crippen molar-refractivity contribution in [2.45, 2.75) is 5.41 Å². The first-order valence-corrected chi connectivity index (χ1v) is 4.39. The van der Waals surface area contributed by atoms with Gasteiger partial charge in [0.15, 0.2) is 0 Å². The van der Waals surface area contributed by atoms with Crippen LogP contribution in [0.4, 0.5) is 8.78 Å². The van der Waals surface area contributed by atoms with Crippen molar-refractivity contribution in [3.63, 3.8) is 0 Å². The van der Waals surface area contributed by atoms with E-state index in [0.29, 0.717) is 0 Å². The van der Waals surface area contributed by atoms with E-state index in [-0.39, 0.29) is 18.8 Å². The molecule has 0 unspecified atom stereocenters. The van der Waals surface area contributed by atoms with Crippen molar-refractivity contribution in [3.8, 4) is 0 Å². The van der Waals surface area contributed by atoms with Gasteiger partial charge in [0.05, 0.1) is 13.2 Å². The summed E-state index contributed by atoms with van der Waals surface area (Å²) in [5.74, 6) is -2.10. The predicted octanol–water partition coefficient (Wildman–Crippen LogP) is 0.718. The van der Waals surface area contributed by atoms with Crippen LogP contribution in [0.25, 0.3) is 0 Å². The standard InChI is InChI=1S/C10H9F2NO2/c11-6-1-2-7(8(12)3-6)10(9(13)14)4-15-5-10/h1-3H,4-5H2,(H2,13,14). The smallest absolute Gasteiger partial charge is 0.232 e. The number of carbonyl (C=O) groups excluding carboxylic acids is 1. The second-order valence-electron chi connectivity index (χ2n) is 3.56. The molecule has 0 spiro atoms. The van der Waals surface area contributed by atoms with Gasteiger partial charge < -0.3 is 10.5 Å². The van der Waals surface area contributed by atoms with E-state index in [0.717, 1.165) is 12.1 Å². The summed E-state index contributed by atoms with van der Waals surface area (Å²) in [5.41, 5.74) is 4.16. The molecule has 0 atom stereocenters. The first-order chi connectivity index (χ1) is 7.06. The van der Waals surface area contributed by atoms with Crippen LogP contribution in [-0.4, -0.2) is 19.1 Å². The summed E-state index contributed by atoms with van der Waals surface area (Å²) in [5, 5.41) is 0. The van der Waals surface area contributed by atoms with Gasteiger partial charge in [0.25, 0.3) is 0 Å². The Balaban J connectivity index is 2.48. The molecule has 80 valence electrons. The van der Waals surface area contributed by atoms with Gasteiger partial charge >= 0.3 is 0 Å². The van der Waals surface area contributed by atoms with Crippen molar-refractivity contribution < 1.29 is 18.3 Å². The molecule has 1 heterocycles. The third-order valence-electron chi connectivity index (χ3n) is 2.62. The Bertz CT molecular complexity index is 416. The van der Waals surface area contributed by atoms with E-state index in [1.165, 1.54) is 6.07 Å². The van der Waals surface area contributed by atoms with Crippen molar-refractivity contribution in [1.82, 2.24) is 0 Å². The Morgan fingerprint density at radius 1 is 1.40 bits per heavy atom. The highest BCUT2D eigenvalue weighted by Crippen LogP contribution is 2.33. The van der Waals surface area contributed by atoms with E-state index in [9.17, 15) is 13.6 Å². The molecule has 1 fully saturated rings. The summed E-state index contributed by atoms with van der Waals surface area (Å²) in [4.78, 5) is 11.2. The summed E-state index contributed by atoms with van der Waals surface area (Å²) in [6, 6.07) is 3.07. The van der Waals surface area contributed by atoms with Gasteiger partial charge in [-0.25, -0.2) is 8.78 Å². The van der Waals surface area contributed by atoms with Crippen LogP contribution in [-0.2, 0) is 14.9 Å². The van der Waals surface area contributed by atoms with E-state index in [4.69, 9.17) is 10.5 Å². The van der Waals surface area contributed by atoms with Crippen molar-refractivity contribution >= 4 is 5.91 Å². The second-order valence-corrected chi connectivity index (χ2v) is 3.56. The van der Waals surface area contributed by atoms with Crippen LogP contribution in [0.2, 0.25) is 0 Å². The molecule has 2 N–H and O–H groups in total. The van der Waals surface area contributed by atoms with Crippen molar-refractivity contribution in [3.05, 3.63) is 35.4 Å². The fraction of sp³-hybridized carbons (Fsp3) is 0.300. The lowest BCUT2D eigenvalue weighted by molar-refractivity contribution is -0.142. The van der Waals surface area contributed by atoms with E-state index in [1.54, 1.807) is 0 Å². The number of hydrogen-bond acceptors (Lipinski definition) is 2. The van der Waals surface area contributed by atoms with E-state index < -0.39 is 23.0 Å². The number of carbonyl (C=O) groups is 1. The van der Waals surface area contributed by atoms with E-state index in [1.807, 2.05) is 0 Å². The van der Waals surface area contributed by atoms with Crippen molar-refractivity contribution in [2.75, 3.05) is 13.2 Å². The second kappa shape index (κ2) is 3.27. The lowest BCUT2D eigenvalue weighted by Crippen LogP contribution is -2.56. The summed E-state index contributed by atoms with van der Waals surface area (Å²) >= 11 is 0. The molecule has 3 nitrogen and oxygen atoms in total. The molecule has 1 saturated heterocycles. The quantitative estimate of drug-likeness (QED) is 0.786. The molecule has 1 aromatic carbocycles. The Labute approximate surface area is 84.8 Å². The summed E-state index contributed by atoms with van der Waals surface area (Å²) < 4.78 is 31.0. The summed E-state index contributed by atoms with van der Waals surface area (Å²) in [6.45, 7) is 0.0930. The monoisotopic (exact) mass is 213 g/mol. The maximum absolute atomic E-state index is 13.4. The maximum Gasteiger partial charge on any atom is 0.232 e. The molecule has 1 aliphatic heterocycles. The average Bonchev–Trinajstić information content (AvgIpc) is 2.05. The molecule has 0 radical (unpaired) electrons. The van der Waals surface area contributed by atoms with Gasteiger partial charge in [-0.3, -0.25) is 4.79 Å². The van der Waals surface area contributed by atoms with Gasteiger partial charge in [0.2, 0.25) is 5.91 Å². The van der Waals surface area contributed by atoms with Crippen LogP contribution < -0.4 is 5.73 Å². The first-order valence-electron chi connectivity index (χ1n) is 4.39. The topological polar surface area (TPSA) is 52.3 Å². The van der Waals surface area contributed by atoms with Gasteiger partial charge in [0, 0.05) is 11.6 Å². The molecule has 1 aromatic rings. The van der Waals surface area contributed by atoms with Gasteiger partial charge in [0.1, 0.15) is 17.0 Å². The highest BCUT2D eigenvalue weighted by molar-refractivity contribution is 5.88. The van der Waals surface area contributed by atoms with Crippen LogP contribution in [0.3, 0.4) is 0 Å². The van der Waals surface area contributed by atoms with Crippen molar-refractivity contribution in [1.29, 1.82) is 0 Å². The van der Waals surface area contributed by atoms with Crippen LogP contribution in [0.5, 0.6) is 0 Å². The van der Waals surface area contributed by atoms with E-state index >= 15 is 0 Å². The molecule has 1 amide bonds. The van der Waals surface area contributed by atoms with Gasteiger partial charge in [-0.1, -0.05) is 6.07 Å². The Hall–Kier alpha value is -1.49. The zero-order valence-electron chi connectivity index (χ0n) is 7.80. The molecule has 5 heteroatoms. The van der Waals surface area contributed by atoms with Crippen LogP contribution in [0.1, 0.15) is 5.56 Å². The van der Waals surface area contributed by atoms with Crippen molar-refractivity contribution in [2.24, 2.45) is 5.73 Å². The molecule has 15 heavy (non-hydrogen) atoms. The third kappa shape index (κ3) is 1.39. The fourth-order valence-corrected chi connectivity index (χ4v) is 1.61. The third-order valence-corrected chi connectivity index (χ3v) is 2.62. The highest BCUT2D eigenvalue weighted by Gasteiger charge is 2.47. The summed E-state index contributed by atoms with van der Waals surface area (Å²) in [6.07, 6.45) is 0. The number of nitrogens with two attached hydrogens (primary N) is 1. The molecule has 2 rings (SSSR count). The molecule has 0 aromatic heterocycles. The largest absolute Gasteiger partial charge is 0.378 e. The number of halogens is 2. The van der Waals surface area contributed by atoms with Gasteiger partial charge in [-0.05, 0) is 6.07 Å². The normalized spacial score (nSPS) is 18.3. The summed E-state index contributed by atoms with van der Waals surface area (Å²) in [7, 11) is 0. The Morgan fingerprint density at radius 2 is 2.07 bits per heavy atom. The molecule has 1 aliphatic rings. The Morgan fingerprint density at radius 3 is 2.47 bits per heavy atom. The number of primary amides is 1. The first kappa shape index (κ1) is 10.0. The Kier molecular flexibility index (Phi) is 2.19.